The fraction of sp³-hybridized carbons (Fsp3) is 0.440. The second-order valence-corrected chi connectivity index (χ2v) is 7.77. The van der Waals surface area contributed by atoms with Crippen molar-refractivity contribution in [1.29, 1.82) is 0 Å². The largest absolute Gasteiger partial charge is 0.483 e. The number of hydrogen-bond acceptors (Lipinski definition) is 3. The van der Waals surface area contributed by atoms with Crippen LogP contribution in [0.2, 0.25) is 0 Å². The van der Waals surface area contributed by atoms with Crippen LogP contribution in [0.3, 0.4) is 0 Å². The van der Waals surface area contributed by atoms with Gasteiger partial charge in [0.25, 0.3) is 5.91 Å². The number of benzene rings is 2. The zero-order chi connectivity index (χ0) is 21.9. The third kappa shape index (κ3) is 6.90. The molecule has 0 unspecified atom stereocenters. The van der Waals surface area contributed by atoms with E-state index in [0.717, 1.165) is 17.5 Å². The fourth-order valence-electron chi connectivity index (χ4n) is 3.28. The molecule has 5 heteroatoms. The summed E-state index contributed by atoms with van der Waals surface area (Å²) in [5, 5.41) is 2.89. The van der Waals surface area contributed by atoms with E-state index in [1.54, 1.807) is 11.8 Å². The minimum atomic E-state index is -0.559. The van der Waals surface area contributed by atoms with Crippen LogP contribution in [0, 0.1) is 0 Å². The van der Waals surface area contributed by atoms with E-state index >= 15 is 0 Å². The van der Waals surface area contributed by atoms with E-state index in [9.17, 15) is 9.59 Å². The summed E-state index contributed by atoms with van der Waals surface area (Å²) in [5.74, 6) is 0.681. The number of nitrogens with one attached hydrogen (secondary N) is 1. The number of para-hydroxylation sites is 1. The van der Waals surface area contributed by atoms with Crippen molar-refractivity contribution >= 4 is 11.8 Å². The molecule has 0 aliphatic heterocycles. The highest BCUT2D eigenvalue weighted by Crippen LogP contribution is 2.25. The minimum absolute atomic E-state index is 0.0933. The Morgan fingerprint density at radius 1 is 1.00 bits per heavy atom. The maximum Gasteiger partial charge on any atom is 0.261 e. The van der Waals surface area contributed by atoms with Crippen LogP contribution >= 0.6 is 0 Å². The molecular formula is C25H34N2O3. The molecule has 0 aliphatic carbocycles. The normalized spacial score (nSPS) is 11.8. The van der Waals surface area contributed by atoms with Gasteiger partial charge in [0, 0.05) is 13.1 Å². The number of amides is 2. The molecule has 0 fully saturated rings. The predicted octanol–water partition coefficient (Wildman–Crippen LogP) is 4.17. The minimum Gasteiger partial charge on any atom is -0.483 e. The highest BCUT2D eigenvalue weighted by atomic mass is 16.5. The van der Waals surface area contributed by atoms with Crippen molar-refractivity contribution in [3.63, 3.8) is 0 Å². The lowest BCUT2D eigenvalue weighted by Crippen LogP contribution is -2.50. The molecule has 0 radical (unpaired) electrons. The lowest BCUT2D eigenvalue weighted by molar-refractivity contribution is -0.141. The molecule has 2 aromatic carbocycles. The van der Waals surface area contributed by atoms with Crippen LogP contribution in [0.25, 0.3) is 0 Å². The Morgan fingerprint density at radius 2 is 1.67 bits per heavy atom. The van der Waals surface area contributed by atoms with Gasteiger partial charge in [0.1, 0.15) is 11.8 Å². The number of carbonyl (C=O) groups excluding carboxylic acids is 2. The summed E-state index contributed by atoms with van der Waals surface area (Å²) in [4.78, 5) is 27.2. The summed E-state index contributed by atoms with van der Waals surface area (Å²) < 4.78 is 5.88. The van der Waals surface area contributed by atoms with Crippen LogP contribution in [-0.2, 0) is 16.0 Å². The quantitative estimate of drug-likeness (QED) is 0.605. The molecule has 0 aromatic heterocycles. The zero-order valence-electron chi connectivity index (χ0n) is 18.6. The second-order valence-electron chi connectivity index (χ2n) is 7.77. The number of rotatable bonds is 11. The maximum atomic E-state index is 13.1. The van der Waals surface area contributed by atoms with E-state index in [4.69, 9.17) is 4.74 Å². The Bertz CT molecular complexity index is 805. The van der Waals surface area contributed by atoms with Crippen molar-refractivity contribution in [2.45, 2.75) is 52.5 Å². The van der Waals surface area contributed by atoms with E-state index in [-0.39, 0.29) is 18.4 Å². The molecule has 2 amide bonds. The van der Waals surface area contributed by atoms with Crippen LogP contribution < -0.4 is 10.1 Å². The first kappa shape index (κ1) is 23.5. The molecule has 2 aromatic rings. The van der Waals surface area contributed by atoms with Crippen molar-refractivity contribution in [3.05, 3.63) is 65.7 Å². The number of ether oxygens (including phenoxy) is 1. The third-order valence-corrected chi connectivity index (χ3v) is 5.09. The van der Waals surface area contributed by atoms with Gasteiger partial charge in [-0.05, 0) is 42.9 Å². The molecule has 0 aliphatic rings. The van der Waals surface area contributed by atoms with Gasteiger partial charge in [0.2, 0.25) is 5.91 Å². The van der Waals surface area contributed by atoms with Gasteiger partial charge in [-0.1, -0.05) is 69.3 Å². The molecule has 0 saturated heterocycles. The molecule has 30 heavy (non-hydrogen) atoms. The first-order valence-electron chi connectivity index (χ1n) is 10.8. The van der Waals surface area contributed by atoms with E-state index in [0.29, 0.717) is 31.2 Å². The zero-order valence-corrected chi connectivity index (χ0v) is 18.6. The first-order chi connectivity index (χ1) is 14.4. The monoisotopic (exact) mass is 410 g/mol. The lowest BCUT2D eigenvalue weighted by Gasteiger charge is -2.29. The van der Waals surface area contributed by atoms with Crippen LogP contribution in [0.15, 0.2) is 54.6 Å². The predicted molar refractivity (Wildman–Crippen MR) is 121 cm³/mol. The smallest absolute Gasteiger partial charge is 0.261 e. The summed E-state index contributed by atoms with van der Waals surface area (Å²) in [5.41, 5.74) is 2.19. The molecule has 1 N–H and O–H groups in total. The van der Waals surface area contributed by atoms with E-state index in [2.05, 4.69) is 19.2 Å². The highest BCUT2D eigenvalue weighted by molar-refractivity contribution is 5.88. The van der Waals surface area contributed by atoms with Gasteiger partial charge in [-0.15, -0.1) is 0 Å². The van der Waals surface area contributed by atoms with E-state index < -0.39 is 6.04 Å². The third-order valence-electron chi connectivity index (χ3n) is 5.09. The van der Waals surface area contributed by atoms with Gasteiger partial charge in [-0.25, -0.2) is 0 Å². The van der Waals surface area contributed by atoms with Crippen LogP contribution in [0.4, 0.5) is 0 Å². The molecular weight excluding hydrogens is 376 g/mol. The highest BCUT2D eigenvalue weighted by Gasteiger charge is 2.26. The Labute approximate surface area is 180 Å². The van der Waals surface area contributed by atoms with Crippen molar-refractivity contribution in [1.82, 2.24) is 10.2 Å². The van der Waals surface area contributed by atoms with Gasteiger partial charge in [0.15, 0.2) is 6.61 Å². The average Bonchev–Trinajstić information content (AvgIpc) is 2.76. The van der Waals surface area contributed by atoms with Gasteiger partial charge in [-0.3, -0.25) is 9.59 Å². The summed E-state index contributed by atoms with van der Waals surface area (Å²) in [7, 11) is 0. The van der Waals surface area contributed by atoms with Gasteiger partial charge in [0.05, 0.1) is 0 Å². The lowest BCUT2D eigenvalue weighted by atomic mass is 10.0. The van der Waals surface area contributed by atoms with E-state index in [1.165, 1.54) is 0 Å². The van der Waals surface area contributed by atoms with Crippen LogP contribution in [0.5, 0.6) is 5.75 Å². The fourth-order valence-corrected chi connectivity index (χ4v) is 3.28. The number of nitrogens with zero attached hydrogens (tertiary/aromatic N) is 1. The SMILES string of the molecule is CCCNC(=O)[C@H](C)N(CCc1ccccc1)C(=O)COc1ccccc1C(C)C. The van der Waals surface area contributed by atoms with Crippen LogP contribution in [0.1, 0.15) is 51.2 Å². The summed E-state index contributed by atoms with van der Waals surface area (Å²) in [6.07, 6.45) is 1.53. The maximum absolute atomic E-state index is 13.1. The van der Waals surface area contributed by atoms with Crippen molar-refractivity contribution in [3.8, 4) is 5.75 Å². The molecule has 0 saturated carbocycles. The Balaban J connectivity index is 2.09. The molecule has 1 atom stereocenters. The topological polar surface area (TPSA) is 58.6 Å². The molecule has 0 bridgehead atoms. The van der Waals surface area contributed by atoms with Gasteiger partial charge in [-0.2, -0.15) is 0 Å². The first-order valence-corrected chi connectivity index (χ1v) is 10.8. The van der Waals surface area contributed by atoms with E-state index in [1.807, 2.05) is 61.5 Å². The van der Waals surface area contributed by atoms with Crippen LogP contribution in [-0.4, -0.2) is 42.5 Å². The summed E-state index contributed by atoms with van der Waals surface area (Å²) in [6.45, 7) is 8.93. The van der Waals surface area contributed by atoms with Gasteiger partial charge < -0.3 is 15.0 Å². The van der Waals surface area contributed by atoms with Crippen molar-refractivity contribution in [2.75, 3.05) is 19.7 Å². The average molecular weight is 411 g/mol. The number of hydrogen-bond donors (Lipinski definition) is 1. The Kier molecular flexibility index (Phi) is 9.39. The Morgan fingerprint density at radius 3 is 2.33 bits per heavy atom. The van der Waals surface area contributed by atoms with Crippen molar-refractivity contribution < 1.29 is 14.3 Å². The molecule has 2 rings (SSSR count). The summed E-state index contributed by atoms with van der Waals surface area (Å²) in [6, 6.07) is 17.2. The number of carbonyl (C=O) groups is 2. The second kappa shape index (κ2) is 12.0. The molecule has 5 nitrogen and oxygen atoms in total. The molecule has 162 valence electrons. The van der Waals surface area contributed by atoms with Gasteiger partial charge >= 0.3 is 0 Å². The Hall–Kier alpha value is -2.82. The molecule has 0 heterocycles. The molecule has 0 spiro atoms. The summed E-state index contributed by atoms with van der Waals surface area (Å²) >= 11 is 0. The van der Waals surface area contributed by atoms with Crippen molar-refractivity contribution in [2.24, 2.45) is 0 Å². The standard InChI is InChI=1S/C25H34N2O3/c1-5-16-26-25(29)20(4)27(17-15-21-11-7-6-8-12-21)24(28)18-30-23-14-10-9-13-22(23)19(2)3/h6-14,19-20H,5,15-18H2,1-4H3,(H,26,29)/t20-/m0/s1.